The minimum atomic E-state index is -4.42. The highest BCUT2D eigenvalue weighted by Gasteiger charge is 2.38. The van der Waals surface area contributed by atoms with Crippen LogP contribution in [0.3, 0.4) is 0 Å². The van der Waals surface area contributed by atoms with Gasteiger partial charge in [-0.25, -0.2) is 9.97 Å². The minimum Gasteiger partial charge on any atom is -0.451 e. The number of nitrogens with zero attached hydrogens (tertiary/aromatic N) is 2. The SMILES string of the molecule is Cc1nc(OC(C)C(F)(F)F)ncc1CNC(C)C. The molecule has 108 valence electrons. The molecule has 19 heavy (non-hydrogen) atoms. The van der Waals surface area contributed by atoms with Crippen molar-refractivity contribution in [1.29, 1.82) is 0 Å². The number of alkyl halides is 3. The molecule has 0 fully saturated rings. The standard InChI is InChI=1S/C12H18F3N3O/c1-7(2)16-5-10-6-17-11(18-8(10)3)19-9(4)12(13,14)15/h6-7,9,16H,5H2,1-4H3. The van der Waals surface area contributed by atoms with E-state index in [0.717, 1.165) is 12.5 Å². The van der Waals surface area contributed by atoms with Gasteiger partial charge in [0.25, 0.3) is 0 Å². The highest BCUT2D eigenvalue weighted by Crippen LogP contribution is 2.23. The van der Waals surface area contributed by atoms with E-state index in [1.54, 1.807) is 6.92 Å². The van der Waals surface area contributed by atoms with Crippen LogP contribution < -0.4 is 10.1 Å². The first-order chi connectivity index (χ1) is 8.70. The van der Waals surface area contributed by atoms with E-state index in [0.29, 0.717) is 18.3 Å². The molecule has 1 aromatic heterocycles. The molecule has 4 nitrogen and oxygen atoms in total. The summed E-state index contributed by atoms with van der Waals surface area (Å²) < 4.78 is 41.7. The predicted octanol–water partition coefficient (Wildman–Crippen LogP) is 2.61. The first kappa shape index (κ1) is 15.7. The third-order valence-corrected chi connectivity index (χ3v) is 2.50. The van der Waals surface area contributed by atoms with E-state index < -0.39 is 12.3 Å². The fourth-order valence-corrected chi connectivity index (χ4v) is 1.24. The summed E-state index contributed by atoms with van der Waals surface area (Å²) in [6.45, 7) is 7.20. The summed E-state index contributed by atoms with van der Waals surface area (Å²) in [5.41, 5.74) is 1.44. The van der Waals surface area contributed by atoms with Crippen LogP contribution in [0.4, 0.5) is 13.2 Å². The van der Waals surface area contributed by atoms with Crippen LogP contribution in [0.25, 0.3) is 0 Å². The molecule has 0 saturated carbocycles. The Labute approximate surface area is 110 Å². The van der Waals surface area contributed by atoms with Gasteiger partial charge in [-0.1, -0.05) is 13.8 Å². The lowest BCUT2D eigenvalue weighted by molar-refractivity contribution is -0.190. The number of nitrogens with one attached hydrogen (secondary N) is 1. The molecule has 0 aromatic carbocycles. The lowest BCUT2D eigenvalue weighted by atomic mass is 10.2. The molecule has 0 amide bonds. The van der Waals surface area contributed by atoms with Gasteiger partial charge in [0.1, 0.15) is 0 Å². The average molecular weight is 277 g/mol. The van der Waals surface area contributed by atoms with Crippen molar-refractivity contribution in [3.05, 3.63) is 17.5 Å². The lowest BCUT2D eigenvalue weighted by Gasteiger charge is -2.17. The lowest BCUT2D eigenvalue weighted by Crippen LogP contribution is -2.32. The molecule has 1 aromatic rings. The largest absolute Gasteiger partial charge is 0.451 e. The fraction of sp³-hybridized carbons (Fsp3) is 0.667. The predicted molar refractivity (Wildman–Crippen MR) is 64.9 cm³/mol. The molecule has 1 N–H and O–H groups in total. The maximum absolute atomic E-state index is 12.3. The van der Waals surface area contributed by atoms with E-state index in [2.05, 4.69) is 20.0 Å². The smallest absolute Gasteiger partial charge is 0.425 e. The van der Waals surface area contributed by atoms with E-state index >= 15 is 0 Å². The third-order valence-electron chi connectivity index (χ3n) is 2.50. The van der Waals surface area contributed by atoms with Crippen molar-refractivity contribution >= 4 is 0 Å². The molecule has 0 spiro atoms. The summed E-state index contributed by atoms with van der Waals surface area (Å²) in [6, 6.07) is 0.0520. The number of rotatable bonds is 5. The average Bonchev–Trinajstić information content (AvgIpc) is 2.26. The van der Waals surface area contributed by atoms with E-state index in [1.165, 1.54) is 6.20 Å². The second-order valence-electron chi connectivity index (χ2n) is 4.60. The topological polar surface area (TPSA) is 47.0 Å². The molecule has 1 atom stereocenters. The van der Waals surface area contributed by atoms with Crippen molar-refractivity contribution in [3.8, 4) is 6.01 Å². The summed E-state index contributed by atoms with van der Waals surface area (Å²) in [6.07, 6.45) is -4.86. The van der Waals surface area contributed by atoms with Crippen molar-refractivity contribution in [2.24, 2.45) is 0 Å². The van der Waals surface area contributed by atoms with Gasteiger partial charge in [-0.15, -0.1) is 0 Å². The highest BCUT2D eigenvalue weighted by molar-refractivity contribution is 5.17. The number of halogens is 3. The highest BCUT2D eigenvalue weighted by atomic mass is 19.4. The Bertz CT molecular complexity index is 421. The summed E-state index contributed by atoms with van der Waals surface area (Å²) in [7, 11) is 0. The van der Waals surface area contributed by atoms with Crippen molar-refractivity contribution in [2.45, 2.75) is 52.6 Å². The molecule has 0 aliphatic heterocycles. The molecule has 0 saturated heterocycles. The van der Waals surface area contributed by atoms with Crippen molar-refractivity contribution in [1.82, 2.24) is 15.3 Å². The molecule has 7 heteroatoms. The monoisotopic (exact) mass is 277 g/mol. The molecule has 0 aliphatic rings. The van der Waals surface area contributed by atoms with E-state index in [1.807, 2.05) is 13.8 Å². The van der Waals surface area contributed by atoms with Crippen LogP contribution in [0.5, 0.6) is 6.01 Å². The van der Waals surface area contributed by atoms with Gasteiger partial charge in [0, 0.05) is 30.0 Å². The first-order valence-electron chi connectivity index (χ1n) is 5.99. The van der Waals surface area contributed by atoms with Gasteiger partial charge in [-0.05, 0) is 13.8 Å². The third kappa shape index (κ3) is 5.02. The summed E-state index contributed by atoms with van der Waals surface area (Å²) in [5.74, 6) is 0. The van der Waals surface area contributed by atoms with E-state index in [-0.39, 0.29) is 6.01 Å². The number of ether oxygens (including phenoxy) is 1. The molecule has 1 rings (SSSR count). The van der Waals surface area contributed by atoms with E-state index in [4.69, 9.17) is 0 Å². The molecule has 0 aliphatic carbocycles. The van der Waals surface area contributed by atoms with Gasteiger partial charge in [-0.3, -0.25) is 0 Å². The Hall–Kier alpha value is -1.37. The Morgan fingerprint density at radius 2 is 1.95 bits per heavy atom. The number of aryl methyl sites for hydroxylation is 1. The Morgan fingerprint density at radius 1 is 1.32 bits per heavy atom. The Morgan fingerprint density at radius 3 is 2.42 bits per heavy atom. The van der Waals surface area contributed by atoms with Gasteiger partial charge in [0.2, 0.25) is 0 Å². The van der Waals surface area contributed by atoms with Gasteiger partial charge in [0.15, 0.2) is 6.10 Å². The molecule has 1 heterocycles. The van der Waals surface area contributed by atoms with Gasteiger partial charge in [0.05, 0.1) is 0 Å². The van der Waals surface area contributed by atoms with Crippen LogP contribution in [0, 0.1) is 6.92 Å². The summed E-state index contributed by atoms with van der Waals surface area (Å²) >= 11 is 0. The zero-order chi connectivity index (χ0) is 14.6. The zero-order valence-corrected chi connectivity index (χ0v) is 11.4. The maximum Gasteiger partial charge on any atom is 0.425 e. The van der Waals surface area contributed by atoms with Gasteiger partial charge < -0.3 is 10.1 Å². The second kappa shape index (κ2) is 6.18. The number of aromatic nitrogens is 2. The van der Waals surface area contributed by atoms with Gasteiger partial charge in [-0.2, -0.15) is 13.2 Å². The van der Waals surface area contributed by atoms with Crippen LogP contribution in [0.1, 0.15) is 32.0 Å². The maximum atomic E-state index is 12.3. The normalized spacial score (nSPS) is 13.7. The first-order valence-corrected chi connectivity index (χ1v) is 5.99. The van der Waals surface area contributed by atoms with Crippen LogP contribution in [-0.2, 0) is 6.54 Å². The van der Waals surface area contributed by atoms with Crippen LogP contribution in [0.15, 0.2) is 6.20 Å². The van der Waals surface area contributed by atoms with Crippen LogP contribution >= 0.6 is 0 Å². The van der Waals surface area contributed by atoms with Crippen LogP contribution in [-0.4, -0.2) is 28.3 Å². The van der Waals surface area contributed by atoms with Crippen molar-refractivity contribution < 1.29 is 17.9 Å². The molecule has 0 radical (unpaired) electrons. The van der Waals surface area contributed by atoms with Crippen molar-refractivity contribution in [3.63, 3.8) is 0 Å². The van der Waals surface area contributed by atoms with Crippen LogP contribution in [0.2, 0.25) is 0 Å². The molecule has 0 bridgehead atoms. The minimum absolute atomic E-state index is 0.254. The molecular formula is C12H18F3N3O. The van der Waals surface area contributed by atoms with Gasteiger partial charge >= 0.3 is 12.2 Å². The number of hydrogen-bond acceptors (Lipinski definition) is 4. The number of hydrogen-bond donors (Lipinski definition) is 1. The fourth-order valence-electron chi connectivity index (χ4n) is 1.24. The Balaban J connectivity index is 2.71. The summed E-state index contributed by atoms with van der Waals surface area (Å²) in [5, 5.41) is 3.19. The second-order valence-corrected chi connectivity index (χ2v) is 4.60. The van der Waals surface area contributed by atoms with E-state index in [9.17, 15) is 13.2 Å². The Kier molecular flexibility index (Phi) is 5.11. The molecule has 1 unspecified atom stereocenters. The summed E-state index contributed by atoms with van der Waals surface area (Å²) in [4.78, 5) is 7.73. The zero-order valence-electron chi connectivity index (χ0n) is 11.4. The molecular weight excluding hydrogens is 259 g/mol. The quantitative estimate of drug-likeness (QED) is 0.898. The van der Waals surface area contributed by atoms with Crippen molar-refractivity contribution in [2.75, 3.05) is 0 Å².